The van der Waals surface area contributed by atoms with E-state index in [0.29, 0.717) is 0 Å². The summed E-state index contributed by atoms with van der Waals surface area (Å²) < 4.78 is 29.1. The minimum atomic E-state index is -3.79. The molecule has 1 saturated carbocycles. The Morgan fingerprint density at radius 1 is 1.67 bits per heavy atom. The van der Waals surface area contributed by atoms with Crippen LogP contribution in [0.25, 0.3) is 0 Å². The Bertz CT molecular complexity index is 182. The number of ether oxygens (including phenoxy) is 1. The van der Waals surface area contributed by atoms with Crippen molar-refractivity contribution in [3.8, 4) is 0 Å². The molecule has 0 aromatic rings. The molecule has 0 aromatic heterocycles. The van der Waals surface area contributed by atoms with Crippen LogP contribution in [0.15, 0.2) is 0 Å². The highest BCUT2D eigenvalue weighted by molar-refractivity contribution is 5.81. The molecule has 70 valence electrons. The number of halogens is 2. The molecule has 1 aliphatic rings. The number of alkyl halides is 2. The van der Waals surface area contributed by atoms with E-state index >= 15 is 0 Å². The standard InChI is InChI=1S/C6H10F2N2O2/c7-6(8,5(11)10-9)12-3-4-1-2-4/h4H,1-3,9H2,(H,10,11). The number of rotatable bonds is 4. The molecule has 1 amide bonds. The number of carbonyl (C=O) groups excluding carboxylic acids is 1. The van der Waals surface area contributed by atoms with Gasteiger partial charge in [0.1, 0.15) is 0 Å². The second-order valence-electron chi connectivity index (χ2n) is 2.74. The van der Waals surface area contributed by atoms with Gasteiger partial charge in [0.05, 0.1) is 6.61 Å². The monoisotopic (exact) mass is 180 g/mol. The third-order valence-corrected chi connectivity index (χ3v) is 1.59. The van der Waals surface area contributed by atoms with Crippen LogP contribution in [0.5, 0.6) is 0 Å². The average Bonchev–Trinajstić information content (AvgIpc) is 2.82. The Morgan fingerprint density at radius 3 is 2.67 bits per heavy atom. The van der Waals surface area contributed by atoms with Gasteiger partial charge in [-0.25, -0.2) is 5.84 Å². The molecule has 4 nitrogen and oxygen atoms in total. The molecule has 0 atom stereocenters. The second-order valence-corrected chi connectivity index (χ2v) is 2.74. The van der Waals surface area contributed by atoms with Gasteiger partial charge in [-0.15, -0.1) is 0 Å². The van der Waals surface area contributed by atoms with Crippen LogP contribution in [0.1, 0.15) is 12.8 Å². The van der Waals surface area contributed by atoms with Crippen LogP contribution < -0.4 is 11.3 Å². The Balaban J connectivity index is 2.29. The molecule has 0 unspecified atom stereocenters. The molecule has 0 radical (unpaired) electrons. The lowest BCUT2D eigenvalue weighted by atomic mass is 10.4. The number of hydrogen-bond donors (Lipinski definition) is 2. The summed E-state index contributed by atoms with van der Waals surface area (Å²) in [5, 5.41) is 0. The van der Waals surface area contributed by atoms with Crippen molar-refractivity contribution in [2.75, 3.05) is 6.61 Å². The minimum absolute atomic E-state index is 0.0829. The van der Waals surface area contributed by atoms with Crippen LogP contribution in [0.2, 0.25) is 0 Å². The Kier molecular flexibility index (Phi) is 2.58. The van der Waals surface area contributed by atoms with Gasteiger partial charge in [-0.2, -0.15) is 8.78 Å². The normalized spacial score (nSPS) is 17.6. The summed E-state index contributed by atoms with van der Waals surface area (Å²) in [6.45, 7) is -0.0829. The number of carbonyl (C=O) groups is 1. The first-order valence-corrected chi connectivity index (χ1v) is 3.59. The van der Waals surface area contributed by atoms with E-state index in [1.807, 2.05) is 0 Å². The SMILES string of the molecule is NNC(=O)C(F)(F)OCC1CC1. The Morgan fingerprint density at radius 2 is 2.25 bits per heavy atom. The maximum atomic E-state index is 12.5. The molecular formula is C6H10F2N2O2. The van der Waals surface area contributed by atoms with Gasteiger partial charge in [0, 0.05) is 0 Å². The summed E-state index contributed by atoms with van der Waals surface area (Å²) in [5.41, 5.74) is 1.34. The van der Waals surface area contributed by atoms with Gasteiger partial charge in [0.25, 0.3) is 0 Å². The lowest BCUT2D eigenvalue weighted by Crippen LogP contribution is -2.45. The topological polar surface area (TPSA) is 64.3 Å². The average molecular weight is 180 g/mol. The van der Waals surface area contributed by atoms with Crippen molar-refractivity contribution in [1.82, 2.24) is 5.43 Å². The maximum absolute atomic E-state index is 12.5. The van der Waals surface area contributed by atoms with E-state index < -0.39 is 12.0 Å². The molecule has 0 bridgehead atoms. The summed E-state index contributed by atoms with van der Waals surface area (Å²) >= 11 is 0. The van der Waals surface area contributed by atoms with Gasteiger partial charge in [0.2, 0.25) is 0 Å². The van der Waals surface area contributed by atoms with E-state index in [4.69, 9.17) is 0 Å². The first kappa shape index (κ1) is 9.34. The smallest absolute Gasteiger partial charge is 0.312 e. The molecule has 6 heteroatoms. The van der Waals surface area contributed by atoms with Gasteiger partial charge in [-0.1, -0.05) is 0 Å². The number of nitrogens with one attached hydrogen (secondary N) is 1. The number of hydrazine groups is 1. The highest BCUT2D eigenvalue weighted by Gasteiger charge is 2.41. The summed E-state index contributed by atoms with van der Waals surface area (Å²) in [6, 6.07) is 0. The summed E-state index contributed by atoms with van der Waals surface area (Å²) in [6.07, 6.45) is -2.02. The Labute approximate surface area is 68.0 Å². The molecule has 0 aliphatic heterocycles. The van der Waals surface area contributed by atoms with Gasteiger partial charge in [-0.3, -0.25) is 10.2 Å². The summed E-state index contributed by atoms with van der Waals surface area (Å²) in [4.78, 5) is 10.4. The fourth-order valence-electron chi connectivity index (χ4n) is 0.657. The lowest BCUT2D eigenvalue weighted by molar-refractivity contribution is -0.232. The highest BCUT2D eigenvalue weighted by atomic mass is 19.3. The number of amides is 1. The molecule has 0 spiro atoms. The van der Waals surface area contributed by atoms with Crippen molar-refractivity contribution in [3.63, 3.8) is 0 Å². The first-order chi connectivity index (χ1) is 5.56. The van der Waals surface area contributed by atoms with Gasteiger partial charge >= 0.3 is 12.0 Å². The third-order valence-electron chi connectivity index (χ3n) is 1.59. The molecule has 1 fully saturated rings. The van der Waals surface area contributed by atoms with E-state index in [9.17, 15) is 13.6 Å². The van der Waals surface area contributed by atoms with E-state index in [1.165, 1.54) is 5.43 Å². The van der Waals surface area contributed by atoms with E-state index in [0.717, 1.165) is 12.8 Å². The fraction of sp³-hybridized carbons (Fsp3) is 0.833. The van der Waals surface area contributed by atoms with E-state index in [1.54, 1.807) is 0 Å². The lowest BCUT2D eigenvalue weighted by Gasteiger charge is -2.13. The summed E-state index contributed by atoms with van der Waals surface area (Å²) in [7, 11) is 0. The van der Waals surface area contributed by atoms with Crippen LogP contribution in [-0.2, 0) is 9.53 Å². The van der Waals surface area contributed by atoms with Crippen molar-refractivity contribution < 1.29 is 18.3 Å². The first-order valence-electron chi connectivity index (χ1n) is 3.59. The van der Waals surface area contributed by atoms with Crippen molar-refractivity contribution in [2.45, 2.75) is 19.0 Å². The minimum Gasteiger partial charge on any atom is -0.312 e. The van der Waals surface area contributed by atoms with Crippen molar-refractivity contribution in [1.29, 1.82) is 0 Å². The van der Waals surface area contributed by atoms with Crippen LogP contribution in [0.4, 0.5) is 8.78 Å². The van der Waals surface area contributed by atoms with Crippen LogP contribution >= 0.6 is 0 Å². The maximum Gasteiger partial charge on any atom is 0.437 e. The largest absolute Gasteiger partial charge is 0.437 e. The van der Waals surface area contributed by atoms with Crippen LogP contribution in [-0.4, -0.2) is 18.6 Å². The Hall–Kier alpha value is -0.750. The van der Waals surface area contributed by atoms with Crippen LogP contribution in [0.3, 0.4) is 0 Å². The molecule has 1 rings (SSSR count). The summed E-state index contributed by atoms with van der Waals surface area (Å²) in [5.74, 6) is 3.09. The fourth-order valence-corrected chi connectivity index (χ4v) is 0.657. The zero-order valence-corrected chi connectivity index (χ0v) is 6.35. The van der Waals surface area contributed by atoms with Crippen molar-refractivity contribution in [3.05, 3.63) is 0 Å². The predicted molar refractivity (Wildman–Crippen MR) is 36.0 cm³/mol. The molecule has 3 N–H and O–H groups in total. The molecule has 1 aliphatic carbocycles. The molecule has 0 saturated heterocycles. The predicted octanol–water partition coefficient (Wildman–Crippen LogP) is -0.00430. The highest BCUT2D eigenvalue weighted by Crippen LogP contribution is 2.31. The number of nitrogens with two attached hydrogens (primary N) is 1. The third kappa shape index (κ3) is 2.38. The van der Waals surface area contributed by atoms with Crippen molar-refractivity contribution >= 4 is 5.91 Å². The van der Waals surface area contributed by atoms with Gasteiger partial charge < -0.3 is 4.74 Å². The zero-order chi connectivity index (χ0) is 9.19. The van der Waals surface area contributed by atoms with Gasteiger partial charge in [-0.05, 0) is 18.8 Å². The zero-order valence-electron chi connectivity index (χ0n) is 6.35. The molecular weight excluding hydrogens is 170 g/mol. The van der Waals surface area contributed by atoms with Crippen molar-refractivity contribution in [2.24, 2.45) is 11.8 Å². The molecule has 0 heterocycles. The molecule has 0 aromatic carbocycles. The van der Waals surface area contributed by atoms with Crippen LogP contribution in [0, 0.1) is 5.92 Å². The van der Waals surface area contributed by atoms with Gasteiger partial charge in [0.15, 0.2) is 0 Å². The second kappa shape index (κ2) is 3.32. The quantitative estimate of drug-likeness (QED) is 0.363. The number of hydrogen-bond acceptors (Lipinski definition) is 3. The van der Waals surface area contributed by atoms with E-state index in [2.05, 4.69) is 10.6 Å². The molecule has 12 heavy (non-hydrogen) atoms. The van der Waals surface area contributed by atoms with E-state index in [-0.39, 0.29) is 12.5 Å².